The Morgan fingerprint density at radius 2 is 1.84 bits per heavy atom. The first-order valence-electron chi connectivity index (χ1n) is 8.11. The summed E-state index contributed by atoms with van der Waals surface area (Å²) in [5.41, 5.74) is 0.438. The smallest absolute Gasteiger partial charge is 0.332 e. The van der Waals surface area contributed by atoms with Crippen LogP contribution in [0.2, 0.25) is 5.02 Å². The quantitative estimate of drug-likeness (QED) is 0.646. The molecule has 1 aromatic rings. The van der Waals surface area contributed by atoms with Gasteiger partial charge >= 0.3 is 6.03 Å². The molecule has 132 valence electrons. The fourth-order valence-corrected chi connectivity index (χ4v) is 4.36. The highest BCUT2D eigenvalue weighted by Crippen LogP contribution is 2.46. The number of nitrogens with zero attached hydrogens (tertiary/aromatic N) is 3. The minimum atomic E-state index is -1.36. The third kappa shape index (κ3) is 2.05. The van der Waals surface area contributed by atoms with Crippen molar-refractivity contribution in [1.29, 1.82) is 0 Å². The highest BCUT2D eigenvalue weighted by atomic mass is 35.5. The minimum absolute atomic E-state index is 0.226. The van der Waals surface area contributed by atoms with E-state index in [0.29, 0.717) is 18.2 Å². The molecule has 2 fully saturated rings. The summed E-state index contributed by atoms with van der Waals surface area (Å²) >= 11 is 6.16. The van der Waals surface area contributed by atoms with E-state index in [1.807, 2.05) is 17.0 Å². The van der Waals surface area contributed by atoms with Crippen molar-refractivity contribution in [2.45, 2.75) is 12.5 Å². The van der Waals surface area contributed by atoms with Gasteiger partial charge in [-0.15, -0.1) is 0 Å². The standard InChI is InChI=1S/C17H18ClN3O4/c1-19-14(22)17(15(23)20(2)16(19)24)8-10-3-4-11(18)7-12(10)21-5-6-25-9-13(17)21/h3-4,7,13H,5-6,8-9H2,1-2H3/t13-/m1/s1. The van der Waals surface area contributed by atoms with Crippen LogP contribution in [0.5, 0.6) is 0 Å². The van der Waals surface area contributed by atoms with Gasteiger partial charge in [0.25, 0.3) is 0 Å². The molecule has 0 bridgehead atoms. The van der Waals surface area contributed by atoms with Gasteiger partial charge in [0, 0.05) is 31.4 Å². The fraction of sp³-hybridized carbons (Fsp3) is 0.471. The highest BCUT2D eigenvalue weighted by Gasteiger charge is 2.63. The number of urea groups is 1. The third-order valence-electron chi connectivity index (χ3n) is 5.47. The van der Waals surface area contributed by atoms with Crippen LogP contribution in [-0.4, -0.2) is 67.5 Å². The molecule has 0 radical (unpaired) electrons. The van der Waals surface area contributed by atoms with Crippen LogP contribution in [0.1, 0.15) is 5.56 Å². The molecule has 25 heavy (non-hydrogen) atoms. The Balaban J connectivity index is 1.92. The van der Waals surface area contributed by atoms with E-state index in [0.717, 1.165) is 21.1 Å². The molecule has 3 heterocycles. The Labute approximate surface area is 150 Å². The van der Waals surface area contributed by atoms with E-state index >= 15 is 0 Å². The van der Waals surface area contributed by atoms with Crippen molar-refractivity contribution in [3.05, 3.63) is 28.8 Å². The number of imide groups is 2. The third-order valence-corrected chi connectivity index (χ3v) is 5.70. The molecule has 2 saturated heterocycles. The number of rotatable bonds is 0. The SMILES string of the molecule is CN1C(=O)N(C)C(=O)C2(Cc3ccc(Cl)cc3N3CCOC[C@@H]32)C1=O. The van der Waals surface area contributed by atoms with E-state index < -0.39 is 29.3 Å². The molecule has 0 aliphatic carbocycles. The van der Waals surface area contributed by atoms with Crippen LogP contribution in [0.15, 0.2) is 18.2 Å². The van der Waals surface area contributed by atoms with Crippen LogP contribution in [-0.2, 0) is 20.7 Å². The number of hydrogen-bond donors (Lipinski definition) is 0. The van der Waals surface area contributed by atoms with Crippen LogP contribution in [0.3, 0.4) is 0 Å². The van der Waals surface area contributed by atoms with Gasteiger partial charge in [-0.25, -0.2) is 4.79 Å². The molecule has 0 saturated carbocycles. The average molecular weight is 364 g/mol. The van der Waals surface area contributed by atoms with E-state index in [9.17, 15) is 14.4 Å². The first kappa shape index (κ1) is 16.4. The average Bonchev–Trinajstić information content (AvgIpc) is 2.63. The highest BCUT2D eigenvalue weighted by molar-refractivity contribution is 6.31. The van der Waals surface area contributed by atoms with Crippen LogP contribution in [0, 0.1) is 5.41 Å². The molecule has 7 nitrogen and oxygen atoms in total. The largest absolute Gasteiger partial charge is 0.377 e. The molecule has 0 N–H and O–H groups in total. The molecular weight excluding hydrogens is 346 g/mol. The Hall–Kier alpha value is -2.12. The Morgan fingerprint density at radius 3 is 2.52 bits per heavy atom. The number of ether oxygens (including phenoxy) is 1. The fourth-order valence-electron chi connectivity index (χ4n) is 4.20. The summed E-state index contributed by atoms with van der Waals surface area (Å²) in [6.45, 7) is 1.31. The summed E-state index contributed by atoms with van der Waals surface area (Å²) < 4.78 is 5.60. The zero-order valence-electron chi connectivity index (χ0n) is 14.0. The molecule has 3 aliphatic heterocycles. The summed E-state index contributed by atoms with van der Waals surface area (Å²) in [5, 5.41) is 0.602. The van der Waals surface area contributed by atoms with E-state index in [1.54, 1.807) is 6.07 Å². The monoisotopic (exact) mass is 363 g/mol. The first-order valence-corrected chi connectivity index (χ1v) is 8.49. The lowest BCUT2D eigenvalue weighted by Gasteiger charge is -2.54. The molecule has 3 aliphatic rings. The summed E-state index contributed by atoms with van der Waals surface area (Å²) in [6.07, 6.45) is 0.226. The van der Waals surface area contributed by atoms with Gasteiger partial charge in [-0.3, -0.25) is 19.4 Å². The van der Waals surface area contributed by atoms with Crippen LogP contribution in [0.25, 0.3) is 0 Å². The second kappa shape index (κ2) is 5.44. The van der Waals surface area contributed by atoms with Gasteiger partial charge in [-0.1, -0.05) is 17.7 Å². The van der Waals surface area contributed by atoms with Crippen LogP contribution < -0.4 is 4.90 Å². The van der Waals surface area contributed by atoms with Crippen molar-refractivity contribution in [3.8, 4) is 0 Å². The number of barbiturate groups is 1. The van der Waals surface area contributed by atoms with E-state index in [1.165, 1.54) is 14.1 Å². The first-order chi connectivity index (χ1) is 11.9. The van der Waals surface area contributed by atoms with Gasteiger partial charge in [0.05, 0.1) is 19.3 Å². The summed E-state index contributed by atoms with van der Waals surface area (Å²) in [4.78, 5) is 42.6. The van der Waals surface area contributed by atoms with Crippen molar-refractivity contribution in [2.24, 2.45) is 5.41 Å². The lowest BCUT2D eigenvalue weighted by Crippen LogP contribution is -2.73. The molecular formula is C17H18ClN3O4. The molecule has 0 aromatic heterocycles. The minimum Gasteiger partial charge on any atom is -0.377 e. The number of amides is 4. The molecule has 8 heteroatoms. The zero-order chi connectivity index (χ0) is 17.9. The summed E-state index contributed by atoms with van der Waals surface area (Å²) in [5.74, 6) is -0.941. The van der Waals surface area contributed by atoms with Crippen molar-refractivity contribution < 1.29 is 19.1 Å². The number of carbonyl (C=O) groups excluding carboxylic acids is 3. The Morgan fingerprint density at radius 1 is 1.16 bits per heavy atom. The normalized spacial score (nSPS) is 25.3. The molecule has 4 amide bonds. The number of hydrogen-bond acceptors (Lipinski definition) is 5. The van der Waals surface area contributed by atoms with Gasteiger partial charge < -0.3 is 9.64 Å². The summed E-state index contributed by atoms with van der Waals surface area (Å²) in [7, 11) is 2.83. The van der Waals surface area contributed by atoms with Crippen molar-refractivity contribution in [2.75, 3.05) is 38.8 Å². The predicted molar refractivity (Wildman–Crippen MR) is 90.5 cm³/mol. The second-order valence-corrected chi connectivity index (χ2v) is 7.15. The molecule has 1 aromatic carbocycles. The van der Waals surface area contributed by atoms with Crippen molar-refractivity contribution in [3.63, 3.8) is 0 Å². The van der Waals surface area contributed by atoms with Gasteiger partial charge in [-0.2, -0.15) is 0 Å². The number of carbonyl (C=O) groups is 3. The molecule has 4 rings (SSSR count). The van der Waals surface area contributed by atoms with Crippen LogP contribution >= 0.6 is 11.6 Å². The molecule has 1 atom stereocenters. The maximum absolute atomic E-state index is 13.1. The van der Waals surface area contributed by atoms with Crippen molar-refractivity contribution in [1.82, 2.24) is 9.80 Å². The number of fused-ring (bicyclic) bond motifs is 4. The van der Waals surface area contributed by atoms with Gasteiger partial charge in [0.15, 0.2) is 5.41 Å². The summed E-state index contributed by atoms with van der Waals surface area (Å²) in [6, 6.07) is 4.39. The Kier molecular flexibility index (Phi) is 3.56. The maximum atomic E-state index is 13.1. The number of morpholine rings is 1. The Bertz CT molecular complexity index is 772. The van der Waals surface area contributed by atoms with Gasteiger partial charge in [0.2, 0.25) is 11.8 Å². The molecule has 1 spiro atoms. The number of benzene rings is 1. The lowest BCUT2D eigenvalue weighted by atomic mass is 9.68. The second-order valence-electron chi connectivity index (χ2n) is 6.72. The lowest BCUT2D eigenvalue weighted by molar-refractivity contribution is -0.161. The molecule has 0 unspecified atom stereocenters. The topological polar surface area (TPSA) is 70.2 Å². The van der Waals surface area contributed by atoms with E-state index in [4.69, 9.17) is 16.3 Å². The number of anilines is 1. The number of halogens is 1. The predicted octanol–water partition coefficient (Wildman–Crippen LogP) is 1.14. The maximum Gasteiger partial charge on any atom is 0.332 e. The van der Waals surface area contributed by atoms with Crippen molar-refractivity contribution >= 4 is 35.1 Å². The van der Waals surface area contributed by atoms with Crippen LogP contribution in [0.4, 0.5) is 10.5 Å². The van der Waals surface area contributed by atoms with E-state index in [2.05, 4.69) is 0 Å². The van der Waals surface area contributed by atoms with E-state index in [-0.39, 0.29) is 13.0 Å². The van der Waals surface area contributed by atoms with Gasteiger partial charge in [-0.05, 0) is 24.1 Å². The van der Waals surface area contributed by atoms with Gasteiger partial charge in [0.1, 0.15) is 0 Å². The zero-order valence-corrected chi connectivity index (χ0v) is 14.7.